The Morgan fingerprint density at radius 2 is 1.72 bits per heavy atom. The molecule has 7 heteroatoms. The number of hydrogen-bond donors (Lipinski definition) is 1. The van der Waals surface area contributed by atoms with Crippen molar-refractivity contribution in [2.75, 3.05) is 23.3 Å². The Morgan fingerprint density at radius 1 is 0.889 bits per heavy atom. The van der Waals surface area contributed by atoms with E-state index < -0.39 is 0 Å². The highest BCUT2D eigenvalue weighted by molar-refractivity contribution is 5.95. The van der Waals surface area contributed by atoms with Gasteiger partial charge in [-0.3, -0.25) is 4.68 Å². The van der Waals surface area contributed by atoms with Gasteiger partial charge in [0.25, 0.3) is 0 Å². The van der Waals surface area contributed by atoms with E-state index in [0.29, 0.717) is 12.1 Å². The lowest BCUT2D eigenvalue weighted by atomic mass is 10.0. The minimum absolute atomic E-state index is 0.247. The first-order chi connectivity index (χ1) is 17.6. The zero-order valence-electron chi connectivity index (χ0n) is 20.4. The smallest absolute Gasteiger partial charge is 0.206 e. The molecule has 7 rings (SSSR count). The van der Waals surface area contributed by atoms with Crippen molar-refractivity contribution in [3.05, 3.63) is 72.5 Å². The highest BCUT2D eigenvalue weighted by atomic mass is 19.1. The molecule has 1 N–H and O–H groups in total. The van der Waals surface area contributed by atoms with Crippen LogP contribution >= 0.6 is 0 Å². The monoisotopic (exact) mass is 480 g/mol. The number of nitrogens with one attached hydrogen (secondary N) is 1. The Balaban J connectivity index is 1.08. The molecule has 182 valence electrons. The molecule has 1 aliphatic carbocycles. The van der Waals surface area contributed by atoms with Crippen molar-refractivity contribution in [2.45, 2.75) is 37.8 Å². The molecular formula is C29H29FN6. The van der Waals surface area contributed by atoms with Crippen LogP contribution in [0.1, 0.15) is 31.7 Å². The Hall–Kier alpha value is -3.87. The van der Waals surface area contributed by atoms with E-state index in [9.17, 15) is 4.39 Å². The molecule has 0 unspecified atom stereocenters. The number of aryl methyl sites for hydroxylation is 1. The third-order valence-electron chi connectivity index (χ3n) is 7.59. The first-order valence-electron chi connectivity index (χ1n) is 12.9. The molecule has 0 radical (unpaired) electrons. The number of aromatic nitrogens is 4. The molecule has 0 bridgehead atoms. The molecule has 2 aromatic heterocycles. The number of halogens is 1. The highest BCUT2D eigenvalue weighted by Gasteiger charge is 2.31. The lowest BCUT2D eigenvalue weighted by Gasteiger charge is -2.34. The van der Waals surface area contributed by atoms with Crippen LogP contribution in [0.2, 0.25) is 0 Å². The van der Waals surface area contributed by atoms with E-state index in [4.69, 9.17) is 4.98 Å². The molecule has 3 aromatic carbocycles. The van der Waals surface area contributed by atoms with Gasteiger partial charge in [0, 0.05) is 48.9 Å². The van der Waals surface area contributed by atoms with Crippen LogP contribution in [0.3, 0.4) is 0 Å². The van der Waals surface area contributed by atoms with Crippen LogP contribution in [0, 0.1) is 5.82 Å². The van der Waals surface area contributed by atoms with Gasteiger partial charge in [0.05, 0.1) is 16.6 Å². The summed E-state index contributed by atoms with van der Waals surface area (Å²) in [4.78, 5) is 7.48. The van der Waals surface area contributed by atoms with Gasteiger partial charge < -0.3 is 14.8 Å². The van der Waals surface area contributed by atoms with Crippen LogP contribution in [0.4, 0.5) is 16.0 Å². The third-order valence-corrected chi connectivity index (χ3v) is 7.59. The number of imidazole rings is 1. The van der Waals surface area contributed by atoms with E-state index in [-0.39, 0.29) is 5.82 Å². The molecule has 36 heavy (non-hydrogen) atoms. The standard InChI is InChI=1S/C29H29FN6/c1-34-27-18-22(9-12-24(27)28(33-34)19-5-4-6-20(30)17-19)31-21-13-15-35(16-14-21)29-32-25-7-2-3-8-26(25)36(29)23-10-11-23/h2-9,12,17-18,21,23,31H,10-11,13-16H2,1H3. The summed E-state index contributed by atoms with van der Waals surface area (Å²) >= 11 is 0. The van der Waals surface area contributed by atoms with Crippen LogP contribution < -0.4 is 10.2 Å². The Labute approximate surface area is 209 Å². The fraction of sp³-hybridized carbons (Fsp3) is 0.310. The molecule has 3 heterocycles. The van der Waals surface area contributed by atoms with Crippen LogP contribution in [0.15, 0.2) is 66.7 Å². The van der Waals surface area contributed by atoms with E-state index in [1.165, 1.54) is 24.4 Å². The molecule has 0 atom stereocenters. The summed E-state index contributed by atoms with van der Waals surface area (Å²) in [6.45, 7) is 1.98. The predicted octanol–water partition coefficient (Wildman–Crippen LogP) is 6.14. The van der Waals surface area contributed by atoms with E-state index >= 15 is 0 Å². The average Bonchev–Trinajstić information content (AvgIpc) is 3.58. The molecule has 6 nitrogen and oxygen atoms in total. The van der Waals surface area contributed by atoms with Crippen LogP contribution in [0.5, 0.6) is 0 Å². The molecule has 1 saturated carbocycles. The lowest BCUT2D eigenvalue weighted by Crippen LogP contribution is -2.40. The number of hydrogen-bond acceptors (Lipinski definition) is 4. The van der Waals surface area contributed by atoms with Crippen LogP contribution in [-0.4, -0.2) is 38.5 Å². The summed E-state index contributed by atoms with van der Waals surface area (Å²) in [5, 5.41) is 9.47. The van der Waals surface area contributed by atoms with Crippen molar-refractivity contribution < 1.29 is 4.39 Å². The van der Waals surface area contributed by atoms with E-state index in [0.717, 1.165) is 65.2 Å². The quantitative estimate of drug-likeness (QED) is 0.328. The number of anilines is 2. The van der Waals surface area contributed by atoms with Crippen molar-refractivity contribution in [1.29, 1.82) is 0 Å². The molecule has 2 aliphatic rings. The molecular weight excluding hydrogens is 451 g/mol. The van der Waals surface area contributed by atoms with Gasteiger partial charge in [-0.2, -0.15) is 5.10 Å². The van der Waals surface area contributed by atoms with Gasteiger partial charge in [0.1, 0.15) is 11.5 Å². The van der Waals surface area contributed by atoms with Crippen molar-refractivity contribution >= 4 is 33.6 Å². The van der Waals surface area contributed by atoms with Crippen molar-refractivity contribution in [3.63, 3.8) is 0 Å². The second-order valence-electron chi connectivity index (χ2n) is 10.1. The van der Waals surface area contributed by atoms with Crippen molar-refractivity contribution in [3.8, 4) is 11.3 Å². The zero-order valence-corrected chi connectivity index (χ0v) is 20.4. The fourth-order valence-corrected chi connectivity index (χ4v) is 5.60. The summed E-state index contributed by atoms with van der Waals surface area (Å²) in [6, 6.07) is 22.5. The van der Waals surface area contributed by atoms with Gasteiger partial charge in [-0.05, 0) is 68.1 Å². The van der Waals surface area contributed by atoms with Gasteiger partial charge in [-0.1, -0.05) is 24.3 Å². The van der Waals surface area contributed by atoms with Gasteiger partial charge in [0.15, 0.2) is 0 Å². The van der Waals surface area contributed by atoms with Gasteiger partial charge in [-0.15, -0.1) is 0 Å². The Bertz CT molecular complexity index is 1570. The van der Waals surface area contributed by atoms with Crippen molar-refractivity contribution in [2.24, 2.45) is 7.05 Å². The number of rotatable bonds is 5. The topological polar surface area (TPSA) is 50.9 Å². The zero-order chi connectivity index (χ0) is 24.2. The predicted molar refractivity (Wildman–Crippen MR) is 143 cm³/mol. The molecule has 1 aliphatic heterocycles. The molecule has 5 aromatic rings. The molecule has 0 amide bonds. The van der Waals surface area contributed by atoms with Crippen molar-refractivity contribution in [1.82, 2.24) is 19.3 Å². The second-order valence-corrected chi connectivity index (χ2v) is 10.1. The second kappa shape index (κ2) is 8.36. The summed E-state index contributed by atoms with van der Waals surface area (Å²) in [5.41, 5.74) is 6.10. The van der Waals surface area contributed by atoms with Gasteiger partial charge in [0.2, 0.25) is 5.95 Å². The first kappa shape index (κ1) is 21.4. The maximum Gasteiger partial charge on any atom is 0.206 e. The van der Waals surface area contributed by atoms with Gasteiger partial charge >= 0.3 is 0 Å². The van der Waals surface area contributed by atoms with Gasteiger partial charge in [-0.25, -0.2) is 9.37 Å². The van der Waals surface area contributed by atoms with Crippen LogP contribution in [0.25, 0.3) is 33.2 Å². The summed E-state index contributed by atoms with van der Waals surface area (Å²) in [6.07, 6.45) is 4.63. The third kappa shape index (κ3) is 3.70. The van der Waals surface area contributed by atoms with E-state index in [1.54, 1.807) is 12.1 Å². The number of fused-ring (bicyclic) bond motifs is 2. The van der Waals surface area contributed by atoms with E-state index in [1.807, 2.05) is 17.8 Å². The SMILES string of the molecule is Cn1nc(-c2cccc(F)c2)c2ccc(NC3CCN(c4nc5ccccc5n4C4CC4)CC3)cc21. The number of piperidine rings is 1. The Kier molecular flexibility index (Phi) is 4.98. The molecule has 2 fully saturated rings. The summed E-state index contributed by atoms with van der Waals surface area (Å²) in [5.74, 6) is 0.891. The average molecular weight is 481 g/mol. The summed E-state index contributed by atoms with van der Waals surface area (Å²) < 4.78 is 18.1. The largest absolute Gasteiger partial charge is 0.382 e. The van der Waals surface area contributed by atoms with E-state index in [2.05, 4.69) is 62.3 Å². The maximum atomic E-state index is 13.8. The molecule has 1 saturated heterocycles. The minimum atomic E-state index is -0.247. The number of benzene rings is 3. The number of para-hydroxylation sites is 2. The first-order valence-corrected chi connectivity index (χ1v) is 12.9. The highest BCUT2D eigenvalue weighted by Crippen LogP contribution is 2.41. The lowest BCUT2D eigenvalue weighted by molar-refractivity contribution is 0.513. The normalized spacial score (nSPS) is 16.8. The molecule has 0 spiro atoms. The number of nitrogens with zero attached hydrogens (tertiary/aromatic N) is 5. The Morgan fingerprint density at radius 3 is 2.53 bits per heavy atom. The van der Waals surface area contributed by atoms with Crippen LogP contribution in [-0.2, 0) is 7.05 Å². The minimum Gasteiger partial charge on any atom is -0.382 e. The maximum absolute atomic E-state index is 13.8. The fourth-order valence-electron chi connectivity index (χ4n) is 5.60. The summed E-state index contributed by atoms with van der Waals surface area (Å²) in [7, 11) is 1.94.